The molecule has 9 rings (SSSR count). The van der Waals surface area contributed by atoms with Crippen molar-refractivity contribution in [1.29, 1.82) is 0 Å². The molecule has 24 nitrogen and oxygen atoms in total. The Hall–Kier alpha value is -6.89. The van der Waals surface area contributed by atoms with Gasteiger partial charge >= 0.3 is 20.7 Å². The number of nitrogens with zero attached hydrogens (tertiary/aromatic N) is 6. The van der Waals surface area contributed by atoms with Gasteiger partial charge in [-0.2, -0.15) is 9.97 Å². The number of hydrogen-bond acceptors (Lipinski definition) is 20. The van der Waals surface area contributed by atoms with Crippen molar-refractivity contribution in [2.75, 3.05) is 38.9 Å². The Morgan fingerprint density at radius 2 is 1.46 bits per heavy atom. The van der Waals surface area contributed by atoms with Gasteiger partial charge in [0.2, 0.25) is 5.95 Å². The van der Waals surface area contributed by atoms with Gasteiger partial charge in [0.15, 0.2) is 11.2 Å². The van der Waals surface area contributed by atoms with Gasteiger partial charge in [0.05, 0.1) is 38.7 Å². The van der Waals surface area contributed by atoms with E-state index in [0.29, 0.717) is 28.2 Å². The van der Waals surface area contributed by atoms with Crippen molar-refractivity contribution < 1.29 is 56.2 Å². The molecule has 5 heterocycles. The normalized spacial score (nSPS) is 20.8. The van der Waals surface area contributed by atoms with Crippen LogP contribution in [-0.2, 0) is 48.3 Å². The Bertz CT molecular complexity index is 3250. The van der Waals surface area contributed by atoms with Crippen molar-refractivity contribution in [3.8, 4) is 11.5 Å². The predicted molar refractivity (Wildman–Crippen MR) is 268 cm³/mol. The Balaban J connectivity index is 1.07. The average Bonchev–Trinajstić information content (AvgIpc) is 4.12. The summed E-state index contributed by atoms with van der Waals surface area (Å²) in [4.78, 5) is 61.5. The molecule has 2 unspecified atom stereocenters. The Labute approximate surface area is 425 Å². The number of imidazole rings is 1. The Morgan fingerprint density at radius 3 is 2.07 bits per heavy atom. The van der Waals surface area contributed by atoms with Crippen LogP contribution in [0.25, 0.3) is 11.2 Å². The SMILES string of the molecule is COc1ccc(C(OC[C@H]2O[C@@H](n3ccc(N)nc3=O)C[C@@H]2OP(=O)(OC[C@H]2O[C@@H](n3cnc4c(=O)[nH]c(N)nc43)C[C@@H]2O[P+](=O)O)SCc2ccc([N+](=O)[O-])cc2)(c2ccccc2)c2ccc(OC)cc2)cc1. The zero-order chi connectivity index (χ0) is 52.1. The first-order valence-electron chi connectivity index (χ1n) is 22.7. The molecule has 2 fully saturated rings. The zero-order valence-electron chi connectivity index (χ0n) is 39.3. The maximum absolute atomic E-state index is 15.6. The quantitative estimate of drug-likeness (QED) is 0.0257. The largest absolute Gasteiger partial charge is 0.695 e. The van der Waals surface area contributed by atoms with E-state index in [9.17, 15) is 29.2 Å². The molecule has 0 radical (unpaired) electrons. The lowest BCUT2D eigenvalue weighted by Crippen LogP contribution is -2.38. The molecule has 8 atom stereocenters. The van der Waals surface area contributed by atoms with Crippen molar-refractivity contribution in [1.82, 2.24) is 29.1 Å². The zero-order valence-corrected chi connectivity index (χ0v) is 42.0. The highest BCUT2D eigenvalue weighted by Crippen LogP contribution is 2.64. The lowest BCUT2D eigenvalue weighted by molar-refractivity contribution is -0.384. The Morgan fingerprint density at radius 1 is 0.851 bits per heavy atom. The fourth-order valence-electron chi connectivity index (χ4n) is 8.76. The second-order valence-corrected chi connectivity index (χ2v) is 21.5. The molecule has 7 aromatic rings. The second kappa shape index (κ2) is 22.3. The third-order valence-corrected chi connectivity index (χ3v) is 16.5. The number of anilines is 2. The highest BCUT2D eigenvalue weighted by molar-refractivity contribution is 8.54. The third-order valence-electron chi connectivity index (χ3n) is 12.3. The van der Waals surface area contributed by atoms with Crippen LogP contribution in [0, 0.1) is 10.1 Å². The number of nitrogens with one attached hydrogen (secondary N) is 1. The molecule has 0 saturated carbocycles. The molecule has 4 aromatic carbocycles. The number of nitro benzene ring substituents is 1. The molecule has 2 aliphatic rings. The van der Waals surface area contributed by atoms with E-state index in [-0.39, 0.29) is 53.8 Å². The van der Waals surface area contributed by atoms with Gasteiger partial charge in [0.1, 0.15) is 59.8 Å². The fraction of sp³-hybridized carbons (Fsp3) is 0.298. The lowest BCUT2D eigenvalue weighted by atomic mass is 9.80. The van der Waals surface area contributed by atoms with E-state index in [0.717, 1.165) is 16.9 Å². The number of non-ortho nitro benzene ring substituents is 1. The van der Waals surface area contributed by atoms with Gasteiger partial charge in [-0.3, -0.25) is 38.1 Å². The first kappa shape index (κ1) is 52.0. The monoisotopic (exact) mass is 1070 g/mol. The molecule has 0 spiro atoms. The smallest absolute Gasteiger partial charge is 0.497 e. The summed E-state index contributed by atoms with van der Waals surface area (Å²) in [6.07, 6.45) is -4.12. The highest BCUT2D eigenvalue weighted by atomic mass is 32.7. The minimum atomic E-state index is -4.51. The molecular formula is C47H48N9O15P2S+. The number of nitrogen functional groups attached to an aromatic ring is 2. The van der Waals surface area contributed by atoms with Crippen molar-refractivity contribution in [2.24, 2.45) is 0 Å². The second-order valence-electron chi connectivity index (χ2n) is 16.8. The average molecular weight is 1070 g/mol. The number of hydrogen-bond donors (Lipinski definition) is 4. The number of benzene rings is 4. The molecule has 0 aliphatic carbocycles. The van der Waals surface area contributed by atoms with Crippen LogP contribution in [-0.4, -0.2) is 90.7 Å². The first-order valence-corrected chi connectivity index (χ1v) is 26.9. The number of nitro groups is 1. The standard InChI is InChI=1S/C47H47N9O15P2S/c1-64-33-16-10-30(11-17-33)47(29-6-4-3-5-7-29,31-12-18-34(65-2)19-13-31)66-24-37-36(23-40(68-37)54-21-20-39(48)51-46(54)58)71-73(63,74-26-28-8-14-32(15-9-28)56(59)60)67-25-38-35(70-72(61)62)22-41(69-38)55-27-50-42-43(55)52-45(49)53-44(42)57/h3-21,27,35-38,40-41H,22-26H2,1-2H3,(H5-,48,49,51,52,53,57,58,61,62)/p+1/t35-,36-,37+,38+,40+,41+,73?/m0/s1. The summed E-state index contributed by atoms with van der Waals surface area (Å²) in [6.45, 7) is -5.32. The van der Waals surface area contributed by atoms with Gasteiger partial charge in [-0.15, -0.1) is 9.42 Å². The Kier molecular flexibility index (Phi) is 15.7. The molecule has 0 bridgehead atoms. The first-order chi connectivity index (χ1) is 35.6. The molecule has 386 valence electrons. The van der Waals surface area contributed by atoms with Gasteiger partial charge < -0.3 is 35.2 Å². The maximum Gasteiger partial charge on any atom is 0.695 e. The summed E-state index contributed by atoms with van der Waals surface area (Å²) in [5, 5.41) is 11.5. The number of fused-ring (bicyclic) bond motifs is 1. The molecule has 6 N–H and O–H groups in total. The van der Waals surface area contributed by atoms with Crippen LogP contribution < -0.4 is 32.2 Å². The predicted octanol–water partition coefficient (Wildman–Crippen LogP) is 6.53. The summed E-state index contributed by atoms with van der Waals surface area (Å²) in [5.74, 6) is 0.925. The minimum Gasteiger partial charge on any atom is -0.497 e. The topological polar surface area (TPSA) is 322 Å². The molecular weight excluding hydrogens is 1020 g/mol. The summed E-state index contributed by atoms with van der Waals surface area (Å²) < 4.78 is 79.8. The van der Waals surface area contributed by atoms with Crippen LogP contribution in [0.5, 0.6) is 11.5 Å². The van der Waals surface area contributed by atoms with Crippen molar-refractivity contribution in [2.45, 2.75) is 61.1 Å². The van der Waals surface area contributed by atoms with Crippen LogP contribution in [0.2, 0.25) is 0 Å². The third kappa shape index (κ3) is 11.3. The van der Waals surface area contributed by atoms with E-state index in [1.807, 2.05) is 54.6 Å². The number of rotatable bonds is 21. The maximum atomic E-state index is 15.6. The number of aromatic amines is 1. The highest BCUT2D eigenvalue weighted by Gasteiger charge is 2.48. The molecule has 74 heavy (non-hydrogen) atoms. The van der Waals surface area contributed by atoms with Crippen molar-refractivity contribution in [3.05, 3.63) is 175 Å². The molecule has 27 heteroatoms. The summed E-state index contributed by atoms with van der Waals surface area (Å²) in [5.41, 5.74) is 11.5. The van der Waals surface area contributed by atoms with E-state index in [1.165, 1.54) is 52.0 Å². The summed E-state index contributed by atoms with van der Waals surface area (Å²) >= 11 is 0.749. The van der Waals surface area contributed by atoms with Crippen LogP contribution in [0.15, 0.2) is 131 Å². The molecule has 0 amide bonds. The lowest BCUT2D eigenvalue weighted by Gasteiger charge is -2.37. The van der Waals surface area contributed by atoms with E-state index in [4.69, 9.17) is 48.7 Å². The summed E-state index contributed by atoms with van der Waals surface area (Å²) in [6, 6.07) is 31.2. The van der Waals surface area contributed by atoms with Gasteiger partial charge in [0.25, 0.3) is 11.2 Å². The summed E-state index contributed by atoms with van der Waals surface area (Å²) in [7, 11) is -0.0789. The number of methoxy groups -OCH3 is 2. The van der Waals surface area contributed by atoms with Crippen LogP contribution >= 0.6 is 26.4 Å². The fourth-order valence-corrected chi connectivity index (χ4v) is 12.6. The van der Waals surface area contributed by atoms with Crippen LogP contribution in [0.3, 0.4) is 0 Å². The van der Waals surface area contributed by atoms with Crippen LogP contribution in [0.1, 0.15) is 47.6 Å². The van der Waals surface area contributed by atoms with E-state index >= 15 is 4.57 Å². The van der Waals surface area contributed by atoms with Gasteiger partial charge in [-0.05, 0) is 64.0 Å². The molecule has 3 aromatic heterocycles. The van der Waals surface area contributed by atoms with Crippen LogP contribution in [0.4, 0.5) is 17.5 Å². The van der Waals surface area contributed by atoms with Crippen molar-refractivity contribution >= 4 is 55.1 Å². The van der Waals surface area contributed by atoms with E-state index in [1.54, 1.807) is 38.5 Å². The van der Waals surface area contributed by atoms with Gasteiger partial charge in [0, 0.05) is 41.5 Å². The molecule has 2 aliphatic heterocycles. The number of H-pyrrole nitrogens is 1. The number of ether oxygens (including phenoxy) is 5. The van der Waals surface area contributed by atoms with Gasteiger partial charge in [-0.25, -0.2) is 14.3 Å². The number of nitrogens with two attached hydrogens (primary N) is 2. The van der Waals surface area contributed by atoms with E-state index in [2.05, 4.69) is 19.9 Å². The molecule has 2 saturated heterocycles. The van der Waals surface area contributed by atoms with Crippen molar-refractivity contribution in [3.63, 3.8) is 0 Å². The van der Waals surface area contributed by atoms with Gasteiger partial charge in [-0.1, -0.05) is 66.7 Å². The van der Waals surface area contributed by atoms with E-state index < -0.39 is 80.3 Å². The number of aromatic nitrogens is 6. The minimum absolute atomic E-state index is 0.0243.